The Kier molecular flexibility index (Phi) is 5.81. The van der Waals surface area contributed by atoms with Crippen LogP contribution in [0.15, 0.2) is 47.4 Å². The van der Waals surface area contributed by atoms with Crippen molar-refractivity contribution in [3.63, 3.8) is 0 Å². The Morgan fingerprint density at radius 3 is 2.14 bits per heavy atom. The van der Waals surface area contributed by atoms with Crippen LogP contribution in [0.2, 0.25) is 0 Å². The summed E-state index contributed by atoms with van der Waals surface area (Å²) in [4.78, 5) is 22.2. The minimum absolute atomic E-state index is 0.0199. The smallest absolute Gasteiger partial charge is 0.335 e. The highest BCUT2D eigenvalue weighted by molar-refractivity contribution is 7.89. The molecule has 1 aliphatic heterocycles. The van der Waals surface area contributed by atoms with Crippen LogP contribution < -0.4 is 0 Å². The fourth-order valence-electron chi connectivity index (χ4n) is 3.23. The number of hydrogen-bond donors (Lipinski definition) is 2. The Labute approximate surface area is 163 Å². The molecule has 0 spiro atoms. The number of carboxylic acid groups (broad SMARTS) is 2. The number of carbonyl (C=O) groups is 2. The highest BCUT2D eigenvalue weighted by Crippen LogP contribution is 2.28. The lowest BCUT2D eigenvalue weighted by Crippen LogP contribution is -2.28. The van der Waals surface area contributed by atoms with Crippen molar-refractivity contribution in [2.75, 3.05) is 13.1 Å². The molecule has 1 saturated heterocycles. The maximum absolute atomic E-state index is 12.9. The Hall–Kier alpha value is -2.71. The average Bonchev–Trinajstić information content (AvgIpc) is 3.22. The number of aromatic carboxylic acids is 1. The van der Waals surface area contributed by atoms with Gasteiger partial charge in [0.2, 0.25) is 10.0 Å². The molecule has 0 aromatic heterocycles. The van der Waals surface area contributed by atoms with E-state index in [0.29, 0.717) is 30.6 Å². The Balaban J connectivity index is 1.98. The van der Waals surface area contributed by atoms with Crippen LogP contribution >= 0.6 is 0 Å². The standard InChI is InChI=1S/C20H21NO6S/c22-19(23)8-5-14-3-6-15(7-4-14)16-11-17(20(24)25)13-18(12-16)28(26,27)21-9-1-2-10-21/h3-4,6-7,11-13H,1-2,5,8-10H2,(H,22,23)(H,24,25). The molecule has 0 saturated carbocycles. The number of carboxylic acids is 2. The van der Waals surface area contributed by atoms with E-state index in [1.807, 2.05) is 0 Å². The van der Waals surface area contributed by atoms with Crippen molar-refractivity contribution in [2.45, 2.75) is 30.6 Å². The molecule has 0 radical (unpaired) electrons. The van der Waals surface area contributed by atoms with E-state index in [1.54, 1.807) is 24.3 Å². The van der Waals surface area contributed by atoms with E-state index in [0.717, 1.165) is 18.4 Å². The summed E-state index contributed by atoms with van der Waals surface area (Å²) in [7, 11) is -3.75. The van der Waals surface area contributed by atoms with Gasteiger partial charge in [-0.05, 0) is 54.2 Å². The van der Waals surface area contributed by atoms with Crippen LogP contribution in [0.25, 0.3) is 11.1 Å². The second-order valence-corrected chi connectivity index (χ2v) is 8.69. The topological polar surface area (TPSA) is 112 Å². The predicted molar refractivity (Wildman–Crippen MR) is 103 cm³/mol. The lowest BCUT2D eigenvalue weighted by Gasteiger charge is -2.17. The molecule has 1 aliphatic rings. The molecule has 2 N–H and O–H groups in total. The van der Waals surface area contributed by atoms with Gasteiger partial charge in [0.05, 0.1) is 10.5 Å². The van der Waals surface area contributed by atoms with Crippen molar-refractivity contribution in [1.29, 1.82) is 0 Å². The summed E-state index contributed by atoms with van der Waals surface area (Å²) in [5, 5.41) is 18.2. The van der Waals surface area contributed by atoms with Crippen molar-refractivity contribution in [3.8, 4) is 11.1 Å². The van der Waals surface area contributed by atoms with Crippen LogP contribution in [-0.2, 0) is 21.2 Å². The molecule has 148 valence electrons. The minimum atomic E-state index is -3.75. The number of aliphatic carboxylic acids is 1. The first kappa shape index (κ1) is 20.0. The molecule has 0 atom stereocenters. The normalized spacial score (nSPS) is 14.9. The number of rotatable bonds is 7. The third-order valence-corrected chi connectivity index (χ3v) is 6.65. The predicted octanol–water partition coefficient (Wildman–Crippen LogP) is 2.85. The third kappa shape index (κ3) is 4.40. The Bertz CT molecular complexity index is 992. The van der Waals surface area contributed by atoms with Crippen molar-refractivity contribution in [3.05, 3.63) is 53.6 Å². The van der Waals surface area contributed by atoms with E-state index in [2.05, 4.69) is 0 Å². The molecule has 8 heteroatoms. The van der Waals surface area contributed by atoms with Gasteiger partial charge in [-0.1, -0.05) is 24.3 Å². The van der Waals surface area contributed by atoms with Gasteiger partial charge in [0.15, 0.2) is 0 Å². The minimum Gasteiger partial charge on any atom is -0.481 e. The lowest BCUT2D eigenvalue weighted by atomic mass is 10.0. The highest BCUT2D eigenvalue weighted by Gasteiger charge is 2.28. The summed E-state index contributed by atoms with van der Waals surface area (Å²) in [5.74, 6) is -2.08. The van der Waals surface area contributed by atoms with Gasteiger partial charge in [-0.2, -0.15) is 4.31 Å². The second-order valence-electron chi connectivity index (χ2n) is 6.75. The van der Waals surface area contributed by atoms with Crippen molar-refractivity contribution in [1.82, 2.24) is 4.31 Å². The van der Waals surface area contributed by atoms with Gasteiger partial charge in [0.1, 0.15) is 0 Å². The van der Waals surface area contributed by atoms with E-state index in [9.17, 15) is 23.1 Å². The van der Waals surface area contributed by atoms with Crippen LogP contribution in [0.4, 0.5) is 0 Å². The summed E-state index contributed by atoms with van der Waals surface area (Å²) >= 11 is 0. The van der Waals surface area contributed by atoms with E-state index < -0.39 is 22.0 Å². The molecule has 0 aliphatic carbocycles. The van der Waals surface area contributed by atoms with E-state index in [-0.39, 0.29) is 16.9 Å². The molecular weight excluding hydrogens is 382 g/mol. The zero-order valence-electron chi connectivity index (χ0n) is 15.2. The van der Waals surface area contributed by atoms with Gasteiger partial charge in [-0.25, -0.2) is 13.2 Å². The first-order chi connectivity index (χ1) is 13.3. The first-order valence-electron chi connectivity index (χ1n) is 8.97. The van der Waals surface area contributed by atoms with Crippen LogP contribution in [0.5, 0.6) is 0 Å². The molecule has 2 aromatic rings. The molecule has 1 fully saturated rings. The zero-order chi connectivity index (χ0) is 20.3. The Morgan fingerprint density at radius 2 is 1.57 bits per heavy atom. The maximum atomic E-state index is 12.9. The van der Waals surface area contributed by atoms with Crippen LogP contribution in [0, 0.1) is 0 Å². The molecule has 3 rings (SSSR count). The van der Waals surface area contributed by atoms with Gasteiger partial charge in [-0.3, -0.25) is 4.79 Å². The molecule has 1 heterocycles. The summed E-state index contributed by atoms with van der Waals surface area (Å²) in [6, 6.07) is 11.1. The first-order valence-corrected chi connectivity index (χ1v) is 10.4. The number of aryl methyl sites for hydroxylation is 1. The number of hydrogen-bond acceptors (Lipinski definition) is 4. The summed E-state index contributed by atoms with van der Waals surface area (Å²) in [6.07, 6.45) is 2.00. The molecule has 0 bridgehead atoms. The van der Waals surface area contributed by atoms with E-state index in [4.69, 9.17) is 5.11 Å². The molecule has 0 amide bonds. The number of sulfonamides is 1. The molecule has 2 aromatic carbocycles. The van der Waals surface area contributed by atoms with Crippen LogP contribution in [-0.4, -0.2) is 48.0 Å². The van der Waals surface area contributed by atoms with Gasteiger partial charge >= 0.3 is 11.9 Å². The zero-order valence-corrected chi connectivity index (χ0v) is 16.0. The molecule has 0 unspecified atom stereocenters. The number of benzene rings is 2. The maximum Gasteiger partial charge on any atom is 0.335 e. The average molecular weight is 403 g/mol. The fourth-order valence-corrected chi connectivity index (χ4v) is 4.82. The highest BCUT2D eigenvalue weighted by atomic mass is 32.2. The van der Waals surface area contributed by atoms with Crippen LogP contribution in [0.3, 0.4) is 0 Å². The van der Waals surface area contributed by atoms with Crippen LogP contribution in [0.1, 0.15) is 35.2 Å². The second kappa shape index (κ2) is 8.12. The van der Waals surface area contributed by atoms with E-state index >= 15 is 0 Å². The van der Waals surface area contributed by atoms with Gasteiger partial charge in [0, 0.05) is 19.5 Å². The fraction of sp³-hybridized carbons (Fsp3) is 0.300. The number of nitrogens with zero attached hydrogens (tertiary/aromatic N) is 1. The summed E-state index contributed by atoms with van der Waals surface area (Å²) in [5.41, 5.74) is 1.90. The quantitative estimate of drug-likeness (QED) is 0.735. The van der Waals surface area contributed by atoms with Gasteiger partial charge < -0.3 is 10.2 Å². The SMILES string of the molecule is O=C(O)CCc1ccc(-c2cc(C(=O)O)cc(S(=O)(=O)N3CCCC3)c2)cc1. The van der Waals surface area contributed by atoms with Gasteiger partial charge in [0.25, 0.3) is 0 Å². The monoisotopic (exact) mass is 403 g/mol. The molecule has 7 nitrogen and oxygen atoms in total. The van der Waals surface area contributed by atoms with Crippen molar-refractivity contribution in [2.24, 2.45) is 0 Å². The molecule has 28 heavy (non-hydrogen) atoms. The van der Waals surface area contributed by atoms with E-state index in [1.165, 1.54) is 22.5 Å². The summed E-state index contributed by atoms with van der Waals surface area (Å²) < 4.78 is 27.1. The third-order valence-electron chi connectivity index (χ3n) is 4.77. The lowest BCUT2D eigenvalue weighted by molar-refractivity contribution is -0.136. The van der Waals surface area contributed by atoms with Crippen molar-refractivity contribution < 1.29 is 28.2 Å². The largest absolute Gasteiger partial charge is 0.481 e. The van der Waals surface area contributed by atoms with Crippen molar-refractivity contribution >= 4 is 22.0 Å². The molecular formula is C20H21NO6S. The Morgan fingerprint density at radius 1 is 0.929 bits per heavy atom. The summed E-state index contributed by atoms with van der Waals surface area (Å²) in [6.45, 7) is 0.875. The van der Waals surface area contributed by atoms with Gasteiger partial charge in [-0.15, -0.1) is 0 Å².